The van der Waals surface area contributed by atoms with Crippen molar-refractivity contribution < 1.29 is 8.78 Å². The summed E-state index contributed by atoms with van der Waals surface area (Å²) < 4.78 is 27.4. The molecule has 0 spiro atoms. The minimum absolute atomic E-state index is 0.0500. The lowest BCUT2D eigenvalue weighted by atomic mass is 9.87. The van der Waals surface area contributed by atoms with Crippen LogP contribution in [0, 0.1) is 0 Å². The highest BCUT2D eigenvalue weighted by Crippen LogP contribution is 2.32. The molecule has 0 radical (unpaired) electrons. The Hall–Kier alpha value is -3.94. The Morgan fingerprint density at radius 1 is 0.865 bits per heavy atom. The summed E-state index contributed by atoms with van der Waals surface area (Å²) in [5.41, 5.74) is 4.73. The first-order chi connectivity index (χ1) is 17.8. The first-order valence-electron chi connectivity index (χ1n) is 12.5. The highest BCUT2D eigenvalue weighted by atomic mass is 19.3. The highest BCUT2D eigenvalue weighted by Gasteiger charge is 2.25. The van der Waals surface area contributed by atoms with Gasteiger partial charge in [-0.1, -0.05) is 39.0 Å². The van der Waals surface area contributed by atoms with Gasteiger partial charge in [0, 0.05) is 43.2 Å². The topological polar surface area (TPSA) is 66.8 Å². The number of alkyl halides is 2. The molecule has 0 saturated carbocycles. The van der Waals surface area contributed by atoms with E-state index in [0.717, 1.165) is 16.9 Å². The van der Waals surface area contributed by atoms with Crippen LogP contribution < -0.4 is 10.2 Å². The molecule has 0 bridgehead atoms. The molecular formula is C29H30F2N6. The molecule has 0 atom stereocenters. The number of pyridine rings is 2. The molecule has 1 aliphatic heterocycles. The minimum atomic E-state index is -2.59. The number of nitrogens with zero attached hydrogens (tertiary/aromatic N) is 5. The van der Waals surface area contributed by atoms with Crippen LogP contribution in [0.25, 0.3) is 11.5 Å². The van der Waals surface area contributed by atoms with Gasteiger partial charge in [0.15, 0.2) is 5.82 Å². The molecule has 0 saturated heterocycles. The third-order valence-corrected chi connectivity index (χ3v) is 6.60. The van der Waals surface area contributed by atoms with Crippen molar-refractivity contribution in [3.05, 3.63) is 89.4 Å². The molecule has 1 aromatic carbocycles. The average molecular weight is 501 g/mol. The third kappa shape index (κ3) is 5.43. The summed E-state index contributed by atoms with van der Waals surface area (Å²) in [7, 11) is 0. The van der Waals surface area contributed by atoms with Crippen LogP contribution >= 0.6 is 0 Å². The molecule has 0 amide bonds. The molecule has 5 rings (SSSR count). The Kier molecular flexibility index (Phi) is 6.82. The fourth-order valence-electron chi connectivity index (χ4n) is 4.56. The molecule has 37 heavy (non-hydrogen) atoms. The lowest BCUT2D eigenvalue weighted by molar-refractivity contribution is 0.151. The van der Waals surface area contributed by atoms with Crippen LogP contribution in [0.15, 0.2) is 67.0 Å². The van der Waals surface area contributed by atoms with Gasteiger partial charge in [-0.25, -0.2) is 23.7 Å². The minimum Gasteiger partial charge on any atom is -0.355 e. The van der Waals surface area contributed by atoms with E-state index < -0.39 is 6.43 Å². The second-order valence-corrected chi connectivity index (χ2v) is 10.2. The average Bonchev–Trinajstić information content (AvgIpc) is 3.12. The van der Waals surface area contributed by atoms with Crippen LogP contribution in [-0.2, 0) is 18.3 Å². The number of nitrogens with one attached hydrogen (secondary N) is 1. The number of benzene rings is 1. The SMILES string of the molecule is CC(C)(C)c1ccc(Nc2nc(-c3ccccn3)nc3c2CCN(c2ncccc2C(F)F)CC3)cc1. The quantitative estimate of drug-likeness (QED) is 0.337. The van der Waals surface area contributed by atoms with Crippen molar-refractivity contribution in [3.63, 3.8) is 0 Å². The molecule has 1 aliphatic rings. The van der Waals surface area contributed by atoms with Gasteiger partial charge in [-0.2, -0.15) is 0 Å². The Bertz CT molecular complexity index is 1370. The number of fused-ring (bicyclic) bond motifs is 1. The molecule has 3 aromatic heterocycles. The largest absolute Gasteiger partial charge is 0.355 e. The van der Waals surface area contributed by atoms with Gasteiger partial charge in [0.05, 0.1) is 11.3 Å². The van der Waals surface area contributed by atoms with Crippen molar-refractivity contribution in [2.45, 2.75) is 45.5 Å². The molecule has 4 heterocycles. The maximum absolute atomic E-state index is 13.7. The van der Waals surface area contributed by atoms with Gasteiger partial charge < -0.3 is 10.2 Å². The monoisotopic (exact) mass is 500 g/mol. The second-order valence-electron chi connectivity index (χ2n) is 10.2. The fraction of sp³-hybridized carbons (Fsp3) is 0.310. The Morgan fingerprint density at radius 2 is 1.62 bits per heavy atom. The maximum Gasteiger partial charge on any atom is 0.267 e. The zero-order valence-electron chi connectivity index (χ0n) is 21.2. The predicted octanol–water partition coefficient (Wildman–Crippen LogP) is 6.52. The Morgan fingerprint density at radius 3 is 2.32 bits per heavy atom. The molecule has 4 aromatic rings. The van der Waals surface area contributed by atoms with Gasteiger partial charge >= 0.3 is 0 Å². The summed E-state index contributed by atoms with van der Waals surface area (Å²) in [6.45, 7) is 7.62. The Balaban J connectivity index is 1.51. The lowest BCUT2D eigenvalue weighted by Gasteiger charge is -2.23. The van der Waals surface area contributed by atoms with Crippen LogP contribution in [0.5, 0.6) is 0 Å². The van der Waals surface area contributed by atoms with Gasteiger partial charge in [-0.3, -0.25) is 4.98 Å². The number of hydrogen-bond donors (Lipinski definition) is 1. The van der Waals surface area contributed by atoms with Crippen molar-refractivity contribution in [3.8, 4) is 11.5 Å². The summed E-state index contributed by atoms with van der Waals surface area (Å²) in [6.07, 6.45) is 1.87. The maximum atomic E-state index is 13.7. The van der Waals surface area contributed by atoms with Crippen molar-refractivity contribution in [1.82, 2.24) is 19.9 Å². The van der Waals surface area contributed by atoms with Crippen molar-refractivity contribution in [2.75, 3.05) is 23.3 Å². The van der Waals surface area contributed by atoms with E-state index in [1.54, 1.807) is 18.5 Å². The Labute approximate surface area is 215 Å². The smallest absolute Gasteiger partial charge is 0.267 e. The summed E-state index contributed by atoms with van der Waals surface area (Å²) >= 11 is 0. The van der Waals surface area contributed by atoms with E-state index >= 15 is 0 Å². The van der Waals surface area contributed by atoms with E-state index in [2.05, 4.69) is 60.3 Å². The molecule has 6 nitrogen and oxygen atoms in total. The van der Waals surface area contributed by atoms with Gasteiger partial charge in [0.25, 0.3) is 6.43 Å². The number of halogens is 2. The zero-order valence-corrected chi connectivity index (χ0v) is 21.2. The van der Waals surface area contributed by atoms with Crippen LogP contribution in [0.2, 0.25) is 0 Å². The first-order valence-corrected chi connectivity index (χ1v) is 12.5. The predicted molar refractivity (Wildman–Crippen MR) is 143 cm³/mol. The molecule has 1 N–H and O–H groups in total. The van der Waals surface area contributed by atoms with E-state index in [-0.39, 0.29) is 11.0 Å². The number of rotatable bonds is 5. The van der Waals surface area contributed by atoms with E-state index in [1.165, 1.54) is 11.6 Å². The molecule has 190 valence electrons. The van der Waals surface area contributed by atoms with Crippen LogP contribution in [0.1, 0.15) is 49.6 Å². The van der Waals surface area contributed by atoms with Crippen molar-refractivity contribution >= 4 is 17.3 Å². The standard InChI is InChI=1S/C29H30F2N6/c1-29(2,3)19-9-11-20(12-10-19)34-26-21-13-17-37(28-22(25(30)31)7-6-16-33-28)18-14-23(21)35-27(36-26)24-8-4-5-15-32-24/h4-12,15-16,25H,13-14,17-18H2,1-3H3,(H,34,35,36). The van der Waals surface area contributed by atoms with Crippen molar-refractivity contribution in [2.24, 2.45) is 0 Å². The molecule has 8 heteroatoms. The van der Waals surface area contributed by atoms with Gasteiger partial charge in [0.2, 0.25) is 0 Å². The summed E-state index contributed by atoms with van der Waals surface area (Å²) in [5.74, 6) is 1.58. The van der Waals surface area contributed by atoms with Crippen LogP contribution in [0.4, 0.5) is 26.1 Å². The molecule has 0 fully saturated rings. The molecule has 0 unspecified atom stereocenters. The summed E-state index contributed by atoms with van der Waals surface area (Å²) in [6, 6.07) is 17.0. The van der Waals surface area contributed by atoms with E-state index in [9.17, 15) is 8.78 Å². The van der Waals surface area contributed by atoms with Gasteiger partial charge in [-0.15, -0.1) is 0 Å². The molecular weight excluding hydrogens is 470 g/mol. The summed E-state index contributed by atoms with van der Waals surface area (Å²) in [5, 5.41) is 3.50. The van der Waals surface area contributed by atoms with E-state index in [1.807, 2.05) is 23.1 Å². The first kappa shape index (κ1) is 24.7. The highest BCUT2D eigenvalue weighted by molar-refractivity contribution is 5.65. The normalized spacial score (nSPS) is 13.8. The third-order valence-electron chi connectivity index (χ3n) is 6.60. The van der Waals surface area contributed by atoms with Crippen molar-refractivity contribution in [1.29, 1.82) is 0 Å². The van der Waals surface area contributed by atoms with Crippen LogP contribution in [0.3, 0.4) is 0 Å². The van der Waals surface area contributed by atoms with Gasteiger partial charge in [-0.05, 0) is 53.8 Å². The number of hydrogen-bond acceptors (Lipinski definition) is 6. The second kappa shape index (κ2) is 10.2. The lowest BCUT2D eigenvalue weighted by Crippen LogP contribution is -2.28. The van der Waals surface area contributed by atoms with E-state index in [4.69, 9.17) is 9.97 Å². The zero-order chi connectivity index (χ0) is 26.0. The van der Waals surface area contributed by atoms with Crippen LogP contribution in [-0.4, -0.2) is 33.0 Å². The summed E-state index contributed by atoms with van der Waals surface area (Å²) in [4.78, 5) is 20.4. The van der Waals surface area contributed by atoms with Gasteiger partial charge in [0.1, 0.15) is 17.3 Å². The fourth-order valence-corrected chi connectivity index (χ4v) is 4.56. The number of aromatic nitrogens is 4. The van der Waals surface area contributed by atoms with E-state index in [0.29, 0.717) is 49.1 Å². The number of anilines is 3. The molecule has 0 aliphatic carbocycles.